The Bertz CT molecular complexity index is 589. The van der Waals surface area contributed by atoms with Gasteiger partial charge in [-0.15, -0.1) is 11.3 Å². The molecule has 98 valence electrons. The minimum atomic E-state index is 0.0343. The Morgan fingerprint density at radius 2 is 2.42 bits per heavy atom. The van der Waals surface area contributed by atoms with Gasteiger partial charge < -0.3 is 9.73 Å². The van der Waals surface area contributed by atoms with Crippen molar-refractivity contribution in [2.75, 3.05) is 7.05 Å². The van der Waals surface area contributed by atoms with Gasteiger partial charge in [-0.05, 0) is 35.8 Å². The minimum Gasteiger partial charge on any atom is -0.467 e. The van der Waals surface area contributed by atoms with Gasteiger partial charge in [-0.1, -0.05) is 6.07 Å². The zero-order valence-corrected chi connectivity index (χ0v) is 12.0. The summed E-state index contributed by atoms with van der Waals surface area (Å²) in [5, 5.41) is 12.1. The van der Waals surface area contributed by atoms with E-state index in [0.29, 0.717) is 5.11 Å². The van der Waals surface area contributed by atoms with Crippen LogP contribution in [-0.2, 0) is 0 Å². The summed E-state index contributed by atoms with van der Waals surface area (Å²) in [6.45, 7) is 0. The Morgan fingerprint density at radius 3 is 3.05 bits per heavy atom. The van der Waals surface area contributed by atoms with E-state index in [1.54, 1.807) is 24.6 Å². The molecule has 2 aromatic heterocycles. The summed E-state index contributed by atoms with van der Waals surface area (Å²) >= 11 is 7.01. The lowest BCUT2D eigenvalue weighted by Crippen LogP contribution is -2.34. The van der Waals surface area contributed by atoms with E-state index < -0.39 is 0 Å². The van der Waals surface area contributed by atoms with Crippen molar-refractivity contribution in [3.05, 3.63) is 46.5 Å². The number of hydrogen-bond donors (Lipinski definition) is 1. The predicted octanol–water partition coefficient (Wildman–Crippen LogP) is 3.00. The predicted molar refractivity (Wildman–Crippen MR) is 80.4 cm³/mol. The first kappa shape index (κ1) is 12.4. The van der Waals surface area contributed by atoms with Crippen LogP contribution in [0, 0.1) is 0 Å². The Kier molecular flexibility index (Phi) is 3.35. The molecule has 0 aromatic carbocycles. The minimum absolute atomic E-state index is 0.0343. The smallest absolute Gasteiger partial charge is 0.190 e. The van der Waals surface area contributed by atoms with E-state index in [4.69, 9.17) is 16.6 Å². The molecule has 0 radical (unpaired) electrons. The van der Waals surface area contributed by atoms with Gasteiger partial charge in [0, 0.05) is 13.5 Å². The van der Waals surface area contributed by atoms with Crippen LogP contribution in [0.1, 0.15) is 23.1 Å². The third kappa shape index (κ3) is 2.29. The summed E-state index contributed by atoms with van der Waals surface area (Å²) in [6.07, 6.45) is 2.48. The number of hydrogen-bond acceptors (Lipinski definition) is 4. The van der Waals surface area contributed by atoms with E-state index in [1.807, 2.05) is 23.2 Å². The van der Waals surface area contributed by atoms with Gasteiger partial charge in [0.05, 0.1) is 16.9 Å². The monoisotopic (exact) mass is 291 g/mol. The van der Waals surface area contributed by atoms with Gasteiger partial charge in [-0.25, -0.2) is 5.01 Å². The molecular weight excluding hydrogens is 278 g/mol. The summed E-state index contributed by atoms with van der Waals surface area (Å²) in [4.78, 5) is 1.18. The van der Waals surface area contributed by atoms with Crippen LogP contribution >= 0.6 is 23.6 Å². The maximum atomic E-state index is 5.51. The molecule has 0 amide bonds. The molecule has 0 spiro atoms. The number of thiophene rings is 1. The number of rotatable bonds is 2. The zero-order valence-electron chi connectivity index (χ0n) is 10.4. The lowest BCUT2D eigenvalue weighted by Gasteiger charge is -2.21. The fourth-order valence-corrected chi connectivity index (χ4v) is 3.00. The lowest BCUT2D eigenvalue weighted by atomic mass is 10.1. The van der Waals surface area contributed by atoms with E-state index in [0.717, 1.165) is 17.9 Å². The van der Waals surface area contributed by atoms with Crippen LogP contribution in [0.15, 0.2) is 45.4 Å². The van der Waals surface area contributed by atoms with Crippen molar-refractivity contribution in [1.82, 2.24) is 10.3 Å². The van der Waals surface area contributed by atoms with Crippen LogP contribution in [0.3, 0.4) is 0 Å². The lowest BCUT2D eigenvalue weighted by molar-refractivity contribution is 0.312. The SMILES string of the molecule is CNC(=S)N1N=C(c2cccs2)CC1c1ccco1. The number of thiocarbonyl (C=S) groups is 1. The van der Waals surface area contributed by atoms with Crippen molar-refractivity contribution >= 4 is 34.4 Å². The molecule has 1 aliphatic rings. The van der Waals surface area contributed by atoms with Gasteiger partial charge in [0.25, 0.3) is 0 Å². The molecule has 1 unspecified atom stereocenters. The second kappa shape index (κ2) is 5.14. The highest BCUT2D eigenvalue weighted by molar-refractivity contribution is 7.80. The highest BCUT2D eigenvalue weighted by Gasteiger charge is 2.33. The molecule has 3 heterocycles. The molecule has 0 bridgehead atoms. The second-order valence-corrected chi connectivity index (χ2v) is 5.49. The molecule has 1 aliphatic heterocycles. The summed E-state index contributed by atoms with van der Waals surface area (Å²) in [5.74, 6) is 0.882. The molecule has 0 aliphatic carbocycles. The number of nitrogens with zero attached hydrogens (tertiary/aromatic N) is 2. The van der Waals surface area contributed by atoms with Crippen molar-refractivity contribution in [3.63, 3.8) is 0 Å². The van der Waals surface area contributed by atoms with Crippen LogP contribution in [0.2, 0.25) is 0 Å². The molecular formula is C13H13N3OS2. The van der Waals surface area contributed by atoms with E-state index in [1.165, 1.54) is 4.88 Å². The fourth-order valence-electron chi connectivity index (χ4n) is 2.11. The van der Waals surface area contributed by atoms with E-state index >= 15 is 0 Å². The van der Waals surface area contributed by atoms with Crippen LogP contribution in [0.5, 0.6) is 0 Å². The van der Waals surface area contributed by atoms with E-state index in [-0.39, 0.29) is 6.04 Å². The van der Waals surface area contributed by atoms with Crippen molar-refractivity contribution < 1.29 is 4.42 Å². The summed E-state index contributed by atoms with van der Waals surface area (Å²) < 4.78 is 5.51. The van der Waals surface area contributed by atoms with Gasteiger partial charge >= 0.3 is 0 Å². The first-order valence-electron chi connectivity index (χ1n) is 5.95. The third-order valence-corrected chi connectivity index (χ3v) is 4.32. The van der Waals surface area contributed by atoms with Gasteiger partial charge in [-0.3, -0.25) is 0 Å². The molecule has 3 rings (SSSR count). The average molecular weight is 291 g/mol. The Balaban J connectivity index is 1.93. The third-order valence-electron chi connectivity index (χ3n) is 3.01. The molecule has 1 atom stereocenters. The van der Waals surface area contributed by atoms with Crippen molar-refractivity contribution in [2.24, 2.45) is 5.10 Å². The standard InChI is InChI=1S/C13H13N3OS2/c1-14-13(18)16-10(11-4-2-6-17-11)8-9(15-16)12-5-3-7-19-12/h2-7,10H,8H2,1H3,(H,14,18). The molecule has 0 fully saturated rings. The van der Waals surface area contributed by atoms with Crippen molar-refractivity contribution in [3.8, 4) is 0 Å². The molecule has 2 aromatic rings. The normalized spacial score (nSPS) is 18.5. The molecule has 0 saturated carbocycles. The largest absolute Gasteiger partial charge is 0.467 e. The molecule has 6 heteroatoms. The Hall–Kier alpha value is -1.66. The molecule has 1 N–H and O–H groups in total. The zero-order chi connectivity index (χ0) is 13.2. The highest BCUT2D eigenvalue weighted by atomic mass is 32.1. The number of nitrogens with one attached hydrogen (secondary N) is 1. The molecule has 19 heavy (non-hydrogen) atoms. The maximum absolute atomic E-state index is 5.51. The first-order chi connectivity index (χ1) is 9.29. The maximum Gasteiger partial charge on any atom is 0.190 e. The summed E-state index contributed by atoms with van der Waals surface area (Å²) in [5.41, 5.74) is 1.05. The number of hydrazone groups is 1. The Labute approximate surface area is 120 Å². The molecule has 4 nitrogen and oxygen atoms in total. The average Bonchev–Trinajstić information content (AvgIpc) is 3.14. The van der Waals surface area contributed by atoms with E-state index in [2.05, 4.69) is 21.9 Å². The van der Waals surface area contributed by atoms with Crippen molar-refractivity contribution in [2.45, 2.75) is 12.5 Å². The number of furan rings is 1. The topological polar surface area (TPSA) is 40.8 Å². The first-order valence-corrected chi connectivity index (χ1v) is 7.24. The van der Waals surface area contributed by atoms with E-state index in [9.17, 15) is 0 Å². The quantitative estimate of drug-likeness (QED) is 0.864. The van der Waals surface area contributed by atoms with Crippen molar-refractivity contribution in [1.29, 1.82) is 0 Å². The summed E-state index contributed by atoms with van der Waals surface area (Å²) in [6, 6.07) is 7.99. The summed E-state index contributed by atoms with van der Waals surface area (Å²) in [7, 11) is 1.81. The van der Waals surface area contributed by atoms with Gasteiger partial charge in [0.2, 0.25) is 0 Å². The Morgan fingerprint density at radius 1 is 1.53 bits per heavy atom. The van der Waals surface area contributed by atoms with Crippen LogP contribution in [0.25, 0.3) is 0 Å². The highest BCUT2D eigenvalue weighted by Crippen LogP contribution is 2.33. The van der Waals surface area contributed by atoms with Crippen LogP contribution < -0.4 is 5.32 Å². The van der Waals surface area contributed by atoms with Crippen LogP contribution in [0.4, 0.5) is 0 Å². The van der Waals surface area contributed by atoms with Gasteiger partial charge in [0.15, 0.2) is 5.11 Å². The van der Waals surface area contributed by atoms with Crippen LogP contribution in [-0.4, -0.2) is 22.9 Å². The van der Waals surface area contributed by atoms with Gasteiger partial charge in [-0.2, -0.15) is 5.10 Å². The van der Waals surface area contributed by atoms with Gasteiger partial charge in [0.1, 0.15) is 11.8 Å². The second-order valence-electron chi connectivity index (χ2n) is 4.16. The molecule has 0 saturated heterocycles. The fraction of sp³-hybridized carbons (Fsp3) is 0.231.